The summed E-state index contributed by atoms with van der Waals surface area (Å²) in [5, 5.41) is 3.66. The lowest BCUT2D eigenvalue weighted by molar-refractivity contribution is -0.142. The van der Waals surface area contributed by atoms with E-state index in [2.05, 4.69) is 9.82 Å². The number of benzene rings is 1. The third kappa shape index (κ3) is 4.25. The van der Waals surface area contributed by atoms with E-state index in [1.165, 1.54) is 22.9 Å². The third-order valence-electron chi connectivity index (χ3n) is 4.81. The van der Waals surface area contributed by atoms with Crippen molar-refractivity contribution < 1.29 is 35.8 Å². The molecule has 0 atom stereocenters. The zero-order valence-electron chi connectivity index (χ0n) is 15.9. The van der Waals surface area contributed by atoms with Crippen LogP contribution in [0.1, 0.15) is 23.4 Å². The van der Waals surface area contributed by atoms with Crippen LogP contribution in [0.2, 0.25) is 0 Å². The smallest absolute Gasteiger partial charge is 0.435 e. The topological polar surface area (TPSA) is 91.7 Å². The molecule has 0 unspecified atom stereocenters. The summed E-state index contributed by atoms with van der Waals surface area (Å²) >= 11 is 0. The minimum Gasteiger partial charge on any atom is -0.490 e. The molecule has 1 aromatic heterocycles. The van der Waals surface area contributed by atoms with Crippen LogP contribution < -0.4 is 14.2 Å². The van der Waals surface area contributed by atoms with Gasteiger partial charge in [0.05, 0.1) is 37.9 Å². The van der Waals surface area contributed by atoms with Crippen molar-refractivity contribution in [1.29, 1.82) is 0 Å². The first kappa shape index (κ1) is 20.9. The van der Waals surface area contributed by atoms with Crippen molar-refractivity contribution in [2.75, 3.05) is 26.4 Å². The van der Waals surface area contributed by atoms with Crippen molar-refractivity contribution >= 4 is 10.0 Å². The molecule has 0 spiro atoms. The van der Waals surface area contributed by atoms with Gasteiger partial charge in [-0.05, 0) is 12.1 Å². The van der Waals surface area contributed by atoms with E-state index in [0.29, 0.717) is 43.4 Å². The normalized spacial score (nSPS) is 16.8. The largest absolute Gasteiger partial charge is 0.490 e. The molecule has 0 amide bonds. The summed E-state index contributed by atoms with van der Waals surface area (Å²) in [6.45, 7) is 0.868. The summed E-state index contributed by atoms with van der Waals surface area (Å²) in [6, 6.07) is 4.29. The molecule has 0 saturated heterocycles. The van der Waals surface area contributed by atoms with Gasteiger partial charge in [0.2, 0.25) is 10.0 Å². The Kier molecular flexibility index (Phi) is 5.64. The standard InChI is InChI=1S/C18H20F3N3O5S/c19-18(20,21)17-13-11-27-9-4-14(13)24(23-17)6-5-22-30(25,26)12-2-3-15-16(10-12)29-8-1-7-28-15/h2-3,10,22H,1,4-9,11H2. The highest BCUT2D eigenvalue weighted by Gasteiger charge is 2.39. The molecule has 0 bridgehead atoms. The van der Waals surface area contributed by atoms with Gasteiger partial charge in [0.25, 0.3) is 0 Å². The van der Waals surface area contributed by atoms with E-state index >= 15 is 0 Å². The number of nitrogens with zero attached hydrogens (tertiary/aromatic N) is 2. The van der Waals surface area contributed by atoms with Crippen molar-refractivity contribution in [3.8, 4) is 11.5 Å². The Bertz CT molecular complexity index is 1040. The lowest BCUT2D eigenvalue weighted by atomic mass is 10.1. The molecule has 2 aliphatic rings. The lowest BCUT2D eigenvalue weighted by Crippen LogP contribution is -2.28. The Morgan fingerprint density at radius 2 is 1.90 bits per heavy atom. The number of aromatic nitrogens is 2. The molecule has 30 heavy (non-hydrogen) atoms. The van der Waals surface area contributed by atoms with Crippen molar-refractivity contribution in [1.82, 2.24) is 14.5 Å². The van der Waals surface area contributed by atoms with E-state index in [1.807, 2.05) is 0 Å². The second-order valence-electron chi connectivity index (χ2n) is 6.85. The van der Waals surface area contributed by atoms with Crippen molar-refractivity contribution in [3.63, 3.8) is 0 Å². The Hall–Kier alpha value is -2.31. The highest BCUT2D eigenvalue weighted by atomic mass is 32.2. The molecule has 12 heteroatoms. The second-order valence-corrected chi connectivity index (χ2v) is 8.62. The van der Waals surface area contributed by atoms with Crippen LogP contribution in [-0.4, -0.2) is 44.6 Å². The number of nitrogens with one attached hydrogen (secondary N) is 1. The quantitative estimate of drug-likeness (QED) is 0.755. The van der Waals surface area contributed by atoms with E-state index in [1.54, 1.807) is 0 Å². The van der Waals surface area contributed by atoms with Crippen molar-refractivity contribution in [2.24, 2.45) is 0 Å². The van der Waals surface area contributed by atoms with Gasteiger partial charge in [0, 0.05) is 36.7 Å². The van der Waals surface area contributed by atoms with Gasteiger partial charge in [0.15, 0.2) is 17.2 Å². The van der Waals surface area contributed by atoms with Gasteiger partial charge < -0.3 is 14.2 Å². The van der Waals surface area contributed by atoms with Crippen LogP contribution in [0.25, 0.3) is 0 Å². The van der Waals surface area contributed by atoms with E-state index < -0.39 is 21.9 Å². The lowest BCUT2D eigenvalue weighted by Gasteiger charge is -2.16. The molecule has 0 fully saturated rings. The predicted octanol–water partition coefficient (Wildman–Crippen LogP) is 2.11. The molecule has 4 rings (SSSR count). The van der Waals surface area contributed by atoms with Gasteiger partial charge in [-0.25, -0.2) is 13.1 Å². The molecule has 0 saturated carbocycles. The molecular weight excluding hydrogens is 427 g/mol. The molecule has 164 valence electrons. The first-order valence-corrected chi connectivity index (χ1v) is 10.9. The van der Waals surface area contributed by atoms with Crippen LogP contribution in [0.15, 0.2) is 23.1 Å². The minimum absolute atomic E-state index is 0.0134. The second kappa shape index (κ2) is 8.08. The molecule has 1 N–H and O–H groups in total. The average molecular weight is 447 g/mol. The van der Waals surface area contributed by atoms with Gasteiger partial charge in [-0.3, -0.25) is 4.68 Å². The van der Waals surface area contributed by atoms with Crippen LogP contribution in [0, 0.1) is 0 Å². The zero-order chi connectivity index (χ0) is 21.4. The number of rotatable bonds is 5. The van der Waals surface area contributed by atoms with E-state index in [4.69, 9.17) is 14.2 Å². The van der Waals surface area contributed by atoms with Gasteiger partial charge in [-0.1, -0.05) is 0 Å². The zero-order valence-corrected chi connectivity index (χ0v) is 16.7. The first-order chi connectivity index (χ1) is 14.3. The monoisotopic (exact) mass is 447 g/mol. The van der Waals surface area contributed by atoms with Crippen molar-refractivity contribution in [3.05, 3.63) is 35.2 Å². The minimum atomic E-state index is -4.60. The summed E-state index contributed by atoms with van der Waals surface area (Å²) in [7, 11) is -3.89. The van der Waals surface area contributed by atoms with Crippen LogP contribution >= 0.6 is 0 Å². The average Bonchev–Trinajstić information content (AvgIpc) is 2.91. The van der Waals surface area contributed by atoms with Crippen LogP contribution in [0.4, 0.5) is 13.2 Å². The molecule has 2 aromatic rings. The molecule has 0 radical (unpaired) electrons. The van der Waals surface area contributed by atoms with Gasteiger partial charge in [0.1, 0.15) is 0 Å². The highest BCUT2D eigenvalue weighted by molar-refractivity contribution is 7.89. The third-order valence-corrected chi connectivity index (χ3v) is 6.27. The number of ether oxygens (including phenoxy) is 3. The van der Waals surface area contributed by atoms with Crippen LogP contribution in [-0.2, 0) is 40.5 Å². The van der Waals surface area contributed by atoms with E-state index in [-0.39, 0.29) is 36.6 Å². The maximum atomic E-state index is 13.2. The number of halogens is 3. The summed E-state index contributed by atoms with van der Waals surface area (Å²) < 4.78 is 84.6. The van der Waals surface area contributed by atoms with Crippen LogP contribution in [0.5, 0.6) is 11.5 Å². The van der Waals surface area contributed by atoms with Crippen LogP contribution in [0.3, 0.4) is 0 Å². The number of alkyl halides is 3. The SMILES string of the molecule is O=S(=O)(NCCn1nc(C(F)(F)F)c2c1CCOC2)c1ccc2c(c1)OCCCO2. The summed E-state index contributed by atoms with van der Waals surface area (Å²) in [4.78, 5) is -0.0152. The fraction of sp³-hybridized carbons (Fsp3) is 0.500. The molecule has 1 aromatic carbocycles. The Morgan fingerprint density at radius 1 is 1.13 bits per heavy atom. The fourth-order valence-electron chi connectivity index (χ4n) is 3.40. The van der Waals surface area contributed by atoms with E-state index in [0.717, 1.165) is 0 Å². The summed E-state index contributed by atoms with van der Waals surface area (Å²) in [5.74, 6) is 0.808. The molecule has 3 heterocycles. The Labute approximate surface area is 171 Å². The Morgan fingerprint density at radius 3 is 2.67 bits per heavy atom. The number of fused-ring (bicyclic) bond motifs is 2. The first-order valence-electron chi connectivity index (χ1n) is 9.38. The maximum Gasteiger partial charge on any atom is 0.435 e. The number of hydrogen-bond acceptors (Lipinski definition) is 6. The highest BCUT2D eigenvalue weighted by Crippen LogP contribution is 2.35. The maximum absolute atomic E-state index is 13.2. The van der Waals surface area contributed by atoms with Crippen molar-refractivity contribution in [2.45, 2.75) is 37.1 Å². The summed E-state index contributed by atoms with van der Waals surface area (Å²) in [5.41, 5.74) is -0.550. The molecule has 8 nitrogen and oxygen atoms in total. The summed E-state index contributed by atoms with van der Waals surface area (Å²) in [6.07, 6.45) is -3.62. The fourth-order valence-corrected chi connectivity index (χ4v) is 4.44. The van der Waals surface area contributed by atoms with Gasteiger partial charge >= 0.3 is 6.18 Å². The molecule has 0 aliphatic carbocycles. The predicted molar refractivity (Wildman–Crippen MR) is 97.8 cm³/mol. The molecular formula is C18H20F3N3O5S. The number of sulfonamides is 1. The molecule has 2 aliphatic heterocycles. The van der Waals surface area contributed by atoms with Gasteiger partial charge in [-0.2, -0.15) is 18.3 Å². The Balaban J connectivity index is 1.48. The van der Waals surface area contributed by atoms with E-state index in [9.17, 15) is 21.6 Å². The van der Waals surface area contributed by atoms with Gasteiger partial charge in [-0.15, -0.1) is 0 Å². The number of hydrogen-bond donors (Lipinski definition) is 1.